The number of ether oxygens (including phenoxy) is 2. The molecule has 4 heteroatoms. The first-order chi connectivity index (χ1) is 8.26. The molecular weight excluding hydrogens is 218 g/mol. The highest BCUT2D eigenvalue weighted by atomic mass is 16.5. The zero-order valence-electron chi connectivity index (χ0n) is 10.2. The van der Waals surface area contributed by atoms with Crippen molar-refractivity contribution in [1.29, 1.82) is 0 Å². The molecule has 1 N–H and O–H groups in total. The van der Waals surface area contributed by atoms with Gasteiger partial charge in [-0.05, 0) is 25.0 Å². The lowest BCUT2D eigenvalue weighted by molar-refractivity contribution is -0.123. The molecule has 0 aliphatic carbocycles. The second kappa shape index (κ2) is 5.08. The first-order valence-electron chi connectivity index (χ1n) is 5.76. The molecule has 92 valence electrons. The van der Waals surface area contributed by atoms with E-state index >= 15 is 0 Å². The number of methoxy groups -OCH3 is 2. The highest BCUT2D eigenvalue weighted by Crippen LogP contribution is 2.37. The van der Waals surface area contributed by atoms with Gasteiger partial charge in [0.05, 0.1) is 25.8 Å². The van der Waals surface area contributed by atoms with Crippen LogP contribution in [0.2, 0.25) is 0 Å². The molecular formula is C13H17NO3. The molecule has 1 aromatic carbocycles. The maximum Gasteiger partial charge on any atom is 0.220 e. The number of piperidine rings is 1. The van der Waals surface area contributed by atoms with Gasteiger partial charge in [-0.15, -0.1) is 0 Å². The molecule has 0 bridgehead atoms. The summed E-state index contributed by atoms with van der Waals surface area (Å²) >= 11 is 0. The van der Waals surface area contributed by atoms with Crippen LogP contribution in [0.3, 0.4) is 0 Å². The van der Waals surface area contributed by atoms with Crippen LogP contribution in [-0.4, -0.2) is 20.1 Å². The molecule has 0 saturated carbocycles. The highest BCUT2D eigenvalue weighted by molar-refractivity contribution is 5.77. The maximum absolute atomic E-state index is 11.5. The van der Waals surface area contributed by atoms with Crippen molar-refractivity contribution in [3.05, 3.63) is 23.8 Å². The summed E-state index contributed by atoms with van der Waals surface area (Å²) in [7, 11) is 3.26. The zero-order chi connectivity index (χ0) is 12.3. The third kappa shape index (κ3) is 2.35. The highest BCUT2D eigenvalue weighted by Gasteiger charge is 2.25. The molecule has 0 spiro atoms. The monoisotopic (exact) mass is 235 g/mol. The van der Waals surface area contributed by atoms with E-state index in [0.717, 1.165) is 29.9 Å². The second-order valence-corrected chi connectivity index (χ2v) is 4.09. The van der Waals surface area contributed by atoms with Gasteiger partial charge in [-0.2, -0.15) is 0 Å². The summed E-state index contributed by atoms with van der Waals surface area (Å²) in [6, 6.07) is 5.64. The standard InChI is InChI=1S/C13H17NO3/c1-16-10-6-4-7-11(17-2)13(10)9-5-3-8-12(15)14-9/h4,6-7,9H,3,5,8H2,1-2H3,(H,14,15)/t9-/m0/s1. The lowest BCUT2D eigenvalue weighted by Gasteiger charge is -2.26. The van der Waals surface area contributed by atoms with Crippen LogP contribution in [0.25, 0.3) is 0 Å². The van der Waals surface area contributed by atoms with E-state index in [-0.39, 0.29) is 11.9 Å². The van der Waals surface area contributed by atoms with E-state index in [1.54, 1.807) is 14.2 Å². The van der Waals surface area contributed by atoms with Gasteiger partial charge in [0.15, 0.2) is 0 Å². The van der Waals surface area contributed by atoms with E-state index in [4.69, 9.17) is 9.47 Å². The van der Waals surface area contributed by atoms with Crippen molar-refractivity contribution in [3.63, 3.8) is 0 Å². The predicted molar refractivity (Wildman–Crippen MR) is 64.3 cm³/mol. The minimum atomic E-state index is -0.0117. The Morgan fingerprint density at radius 3 is 2.41 bits per heavy atom. The van der Waals surface area contributed by atoms with Crippen LogP contribution in [0.5, 0.6) is 11.5 Å². The molecule has 1 heterocycles. The fraction of sp³-hybridized carbons (Fsp3) is 0.462. The van der Waals surface area contributed by atoms with Crippen molar-refractivity contribution in [2.45, 2.75) is 25.3 Å². The van der Waals surface area contributed by atoms with Crippen molar-refractivity contribution in [3.8, 4) is 11.5 Å². The fourth-order valence-electron chi connectivity index (χ4n) is 2.25. The number of carbonyl (C=O) groups is 1. The van der Waals surface area contributed by atoms with Crippen molar-refractivity contribution < 1.29 is 14.3 Å². The third-order valence-corrected chi connectivity index (χ3v) is 3.05. The van der Waals surface area contributed by atoms with Crippen molar-refractivity contribution in [1.82, 2.24) is 5.32 Å². The first kappa shape index (κ1) is 11.8. The van der Waals surface area contributed by atoms with Crippen LogP contribution in [0.4, 0.5) is 0 Å². The largest absolute Gasteiger partial charge is 0.496 e. The quantitative estimate of drug-likeness (QED) is 0.872. The lowest BCUT2D eigenvalue weighted by atomic mass is 9.95. The zero-order valence-corrected chi connectivity index (χ0v) is 10.2. The van der Waals surface area contributed by atoms with E-state index < -0.39 is 0 Å². The molecule has 1 aliphatic heterocycles. The minimum absolute atomic E-state index is 0.0117. The number of hydrogen-bond acceptors (Lipinski definition) is 3. The van der Waals surface area contributed by atoms with Crippen LogP contribution in [0.15, 0.2) is 18.2 Å². The van der Waals surface area contributed by atoms with Gasteiger partial charge in [-0.3, -0.25) is 4.79 Å². The van der Waals surface area contributed by atoms with E-state index in [1.165, 1.54) is 0 Å². The SMILES string of the molecule is COc1cccc(OC)c1[C@@H]1CCCC(=O)N1. The summed E-state index contributed by atoms with van der Waals surface area (Å²) in [6.07, 6.45) is 2.42. The van der Waals surface area contributed by atoms with E-state index in [1.807, 2.05) is 18.2 Å². The van der Waals surface area contributed by atoms with Gasteiger partial charge in [-0.1, -0.05) is 6.07 Å². The molecule has 17 heavy (non-hydrogen) atoms. The number of benzene rings is 1. The van der Waals surface area contributed by atoms with E-state index in [9.17, 15) is 4.79 Å². The Bertz CT molecular complexity index is 395. The molecule has 1 saturated heterocycles. The fourth-order valence-corrected chi connectivity index (χ4v) is 2.25. The smallest absolute Gasteiger partial charge is 0.220 e. The summed E-state index contributed by atoms with van der Waals surface area (Å²) in [5.74, 6) is 1.61. The molecule has 0 unspecified atom stereocenters. The van der Waals surface area contributed by atoms with Gasteiger partial charge in [0, 0.05) is 6.42 Å². The maximum atomic E-state index is 11.5. The van der Waals surface area contributed by atoms with Gasteiger partial charge in [0.25, 0.3) is 0 Å². The summed E-state index contributed by atoms with van der Waals surface area (Å²) < 4.78 is 10.7. The Balaban J connectivity index is 2.37. The van der Waals surface area contributed by atoms with Crippen LogP contribution >= 0.6 is 0 Å². The lowest BCUT2D eigenvalue weighted by Crippen LogP contribution is -2.32. The average Bonchev–Trinajstić information content (AvgIpc) is 2.37. The number of amides is 1. The molecule has 4 nitrogen and oxygen atoms in total. The van der Waals surface area contributed by atoms with Crippen molar-refractivity contribution in [2.75, 3.05) is 14.2 Å². The van der Waals surface area contributed by atoms with Crippen molar-refractivity contribution in [2.24, 2.45) is 0 Å². The van der Waals surface area contributed by atoms with Crippen LogP contribution in [-0.2, 0) is 4.79 Å². The molecule has 1 fully saturated rings. The van der Waals surface area contributed by atoms with Crippen molar-refractivity contribution >= 4 is 5.91 Å². The molecule has 0 aromatic heterocycles. The summed E-state index contributed by atoms with van der Waals surface area (Å²) in [5, 5.41) is 2.98. The molecule has 0 radical (unpaired) electrons. The van der Waals surface area contributed by atoms with Gasteiger partial charge in [-0.25, -0.2) is 0 Å². The van der Waals surface area contributed by atoms with E-state index in [2.05, 4.69) is 5.32 Å². The van der Waals surface area contributed by atoms with Gasteiger partial charge in [0.1, 0.15) is 11.5 Å². The Kier molecular flexibility index (Phi) is 3.52. The number of carbonyl (C=O) groups excluding carboxylic acids is 1. The third-order valence-electron chi connectivity index (χ3n) is 3.05. The molecule has 1 atom stereocenters. The van der Waals surface area contributed by atoms with Gasteiger partial charge in [0.2, 0.25) is 5.91 Å². The Morgan fingerprint density at radius 1 is 1.24 bits per heavy atom. The molecule has 1 amide bonds. The predicted octanol–water partition coefficient (Wildman–Crippen LogP) is 2.04. The molecule has 2 rings (SSSR count). The minimum Gasteiger partial charge on any atom is -0.496 e. The molecule has 1 aliphatic rings. The van der Waals surface area contributed by atoms with Gasteiger partial charge < -0.3 is 14.8 Å². The van der Waals surface area contributed by atoms with Crippen LogP contribution < -0.4 is 14.8 Å². The second-order valence-electron chi connectivity index (χ2n) is 4.09. The van der Waals surface area contributed by atoms with E-state index in [0.29, 0.717) is 6.42 Å². The van der Waals surface area contributed by atoms with Crippen LogP contribution in [0.1, 0.15) is 30.9 Å². The summed E-state index contributed by atoms with van der Waals surface area (Å²) in [6.45, 7) is 0. The van der Waals surface area contributed by atoms with Gasteiger partial charge >= 0.3 is 0 Å². The Labute approximate surface area is 101 Å². The summed E-state index contributed by atoms with van der Waals surface area (Å²) in [4.78, 5) is 11.5. The average molecular weight is 235 g/mol. The number of nitrogens with one attached hydrogen (secondary N) is 1. The van der Waals surface area contributed by atoms with Crippen LogP contribution in [0, 0.1) is 0 Å². The Morgan fingerprint density at radius 2 is 1.88 bits per heavy atom. The topological polar surface area (TPSA) is 47.6 Å². The Hall–Kier alpha value is -1.71. The first-order valence-corrected chi connectivity index (χ1v) is 5.76. The number of hydrogen-bond donors (Lipinski definition) is 1. The normalized spacial score (nSPS) is 19.6. The molecule has 1 aromatic rings. The number of rotatable bonds is 3. The summed E-state index contributed by atoms with van der Waals surface area (Å²) in [5.41, 5.74) is 0.936.